The number of hydrogen-bond acceptors (Lipinski definition) is 3. The van der Waals surface area contributed by atoms with Crippen molar-refractivity contribution in [1.82, 2.24) is 0 Å². The topological polar surface area (TPSA) is 38.3 Å². The Hall–Kier alpha value is -3.21. The standard InChI is InChI=1S/C26H20ClNO2S/c27-23-11-5-4-8-20(23)18-30-21-16-14-19(15-17-21)26(29)28-24-12-6-7-13-25(24)31-22-9-2-1-3-10-22/h1-17H,18H2,(H,28,29). The van der Waals surface area contributed by atoms with Gasteiger partial charge in [-0.1, -0.05) is 71.9 Å². The first-order valence-electron chi connectivity index (χ1n) is 9.78. The molecule has 0 bridgehead atoms. The molecule has 154 valence electrons. The van der Waals surface area contributed by atoms with Gasteiger partial charge in [0.2, 0.25) is 0 Å². The molecule has 0 saturated carbocycles. The molecule has 5 heteroatoms. The summed E-state index contributed by atoms with van der Waals surface area (Å²) >= 11 is 7.78. The number of amides is 1. The Labute approximate surface area is 191 Å². The predicted octanol–water partition coefficient (Wildman–Crippen LogP) is 7.32. The Bertz CT molecular complexity index is 1160. The summed E-state index contributed by atoms with van der Waals surface area (Å²) in [5, 5.41) is 3.69. The van der Waals surface area contributed by atoms with Crippen LogP contribution in [0.15, 0.2) is 113 Å². The van der Waals surface area contributed by atoms with Crippen LogP contribution in [-0.2, 0) is 6.61 Å². The van der Waals surface area contributed by atoms with Crippen LogP contribution in [0.3, 0.4) is 0 Å². The van der Waals surface area contributed by atoms with E-state index < -0.39 is 0 Å². The van der Waals surface area contributed by atoms with Crippen molar-refractivity contribution in [2.24, 2.45) is 0 Å². The third-order valence-electron chi connectivity index (χ3n) is 4.57. The monoisotopic (exact) mass is 445 g/mol. The normalized spacial score (nSPS) is 10.5. The second-order valence-electron chi connectivity index (χ2n) is 6.77. The molecule has 0 unspecified atom stereocenters. The number of carbonyl (C=O) groups is 1. The molecule has 0 aliphatic heterocycles. The lowest BCUT2D eigenvalue weighted by atomic mass is 10.2. The van der Waals surface area contributed by atoms with Crippen LogP contribution in [0.5, 0.6) is 5.75 Å². The number of carbonyl (C=O) groups excluding carboxylic acids is 1. The van der Waals surface area contributed by atoms with E-state index in [1.165, 1.54) is 0 Å². The van der Waals surface area contributed by atoms with E-state index in [9.17, 15) is 4.79 Å². The third-order valence-corrected chi connectivity index (χ3v) is 6.03. The second-order valence-corrected chi connectivity index (χ2v) is 8.29. The van der Waals surface area contributed by atoms with Gasteiger partial charge in [0, 0.05) is 25.9 Å². The Morgan fingerprint density at radius 2 is 1.48 bits per heavy atom. The number of ether oxygens (including phenoxy) is 1. The Morgan fingerprint density at radius 3 is 2.26 bits per heavy atom. The molecule has 3 nitrogen and oxygen atoms in total. The number of anilines is 1. The van der Waals surface area contributed by atoms with Crippen molar-refractivity contribution >= 4 is 35.0 Å². The molecule has 0 atom stereocenters. The zero-order valence-electron chi connectivity index (χ0n) is 16.6. The van der Waals surface area contributed by atoms with Crippen LogP contribution in [0.4, 0.5) is 5.69 Å². The van der Waals surface area contributed by atoms with E-state index >= 15 is 0 Å². The summed E-state index contributed by atoms with van der Waals surface area (Å²) in [6, 6.07) is 32.5. The van der Waals surface area contributed by atoms with Crippen molar-refractivity contribution in [3.63, 3.8) is 0 Å². The maximum absolute atomic E-state index is 12.8. The fraction of sp³-hybridized carbons (Fsp3) is 0.0385. The van der Waals surface area contributed by atoms with E-state index in [4.69, 9.17) is 16.3 Å². The molecule has 0 fully saturated rings. The van der Waals surface area contributed by atoms with Gasteiger partial charge in [0.1, 0.15) is 12.4 Å². The summed E-state index contributed by atoms with van der Waals surface area (Å²) in [7, 11) is 0. The summed E-state index contributed by atoms with van der Waals surface area (Å²) in [5.41, 5.74) is 2.25. The highest BCUT2D eigenvalue weighted by atomic mass is 35.5. The highest BCUT2D eigenvalue weighted by Crippen LogP contribution is 2.33. The molecule has 1 N–H and O–H groups in total. The Kier molecular flexibility index (Phi) is 6.92. The minimum absolute atomic E-state index is 0.168. The quantitative estimate of drug-likeness (QED) is 0.323. The number of hydrogen-bond donors (Lipinski definition) is 1. The van der Waals surface area contributed by atoms with Crippen molar-refractivity contribution in [2.75, 3.05) is 5.32 Å². The average molecular weight is 446 g/mol. The summed E-state index contributed by atoms with van der Waals surface area (Å²) in [6.07, 6.45) is 0. The van der Waals surface area contributed by atoms with Gasteiger partial charge in [-0.25, -0.2) is 0 Å². The van der Waals surface area contributed by atoms with Gasteiger partial charge in [0.05, 0.1) is 5.69 Å². The maximum Gasteiger partial charge on any atom is 0.255 e. The fourth-order valence-corrected chi connectivity index (χ4v) is 4.06. The number of nitrogens with one attached hydrogen (secondary N) is 1. The van der Waals surface area contributed by atoms with E-state index in [1.54, 1.807) is 36.0 Å². The Morgan fingerprint density at radius 1 is 0.806 bits per heavy atom. The van der Waals surface area contributed by atoms with E-state index in [-0.39, 0.29) is 5.91 Å². The zero-order chi connectivity index (χ0) is 21.5. The molecule has 31 heavy (non-hydrogen) atoms. The van der Waals surface area contributed by atoms with E-state index in [2.05, 4.69) is 5.32 Å². The SMILES string of the molecule is O=C(Nc1ccccc1Sc1ccccc1)c1ccc(OCc2ccccc2Cl)cc1. The minimum atomic E-state index is -0.168. The summed E-state index contributed by atoms with van der Waals surface area (Å²) in [4.78, 5) is 14.9. The van der Waals surface area contributed by atoms with Crippen LogP contribution in [0.1, 0.15) is 15.9 Å². The first-order chi connectivity index (χ1) is 15.2. The summed E-state index contributed by atoms with van der Waals surface area (Å²) in [5.74, 6) is 0.510. The van der Waals surface area contributed by atoms with Gasteiger partial charge in [0.15, 0.2) is 0 Å². The van der Waals surface area contributed by atoms with Crippen LogP contribution >= 0.6 is 23.4 Å². The van der Waals surface area contributed by atoms with Gasteiger partial charge in [0.25, 0.3) is 5.91 Å². The van der Waals surface area contributed by atoms with Crippen LogP contribution in [0, 0.1) is 0 Å². The number of rotatable bonds is 7. The molecular weight excluding hydrogens is 426 g/mol. The average Bonchev–Trinajstić information content (AvgIpc) is 2.81. The lowest BCUT2D eigenvalue weighted by molar-refractivity contribution is 0.102. The van der Waals surface area contributed by atoms with Gasteiger partial charge < -0.3 is 10.1 Å². The summed E-state index contributed by atoms with van der Waals surface area (Å²) in [6.45, 7) is 0.370. The number of para-hydroxylation sites is 1. The molecule has 0 aromatic heterocycles. The van der Waals surface area contributed by atoms with Crippen LogP contribution < -0.4 is 10.1 Å². The fourth-order valence-electron chi connectivity index (χ4n) is 2.95. The van der Waals surface area contributed by atoms with Crippen molar-refractivity contribution in [3.8, 4) is 5.75 Å². The molecule has 0 heterocycles. The summed E-state index contributed by atoms with van der Waals surface area (Å²) < 4.78 is 5.79. The zero-order valence-corrected chi connectivity index (χ0v) is 18.2. The predicted molar refractivity (Wildman–Crippen MR) is 127 cm³/mol. The van der Waals surface area contributed by atoms with Gasteiger partial charge in [-0.2, -0.15) is 0 Å². The smallest absolute Gasteiger partial charge is 0.255 e. The third kappa shape index (κ3) is 5.69. The van der Waals surface area contributed by atoms with Crippen molar-refractivity contribution in [2.45, 2.75) is 16.4 Å². The van der Waals surface area contributed by atoms with Crippen LogP contribution in [-0.4, -0.2) is 5.91 Å². The lowest BCUT2D eigenvalue weighted by Crippen LogP contribution is -2.12. The lowest BCUT2D eigenvalue weighted by Gasteiger charge is -2.11. The molecule has 0 radical (unpaired) electrons. The van der Waals surface area contributed by atoms with Gasteiger partial charge in [-0.05, 0) is 54.6 Å². The first kappa shape index (κ1) is 21.0. The van der Waals surface area contributed by atoms with E-state index in [0.29, 0.717) is 22.9 Å². The van der Waals surface area contributed by atoms with Crippen molar-refractivity contribution in [3.05, 3.63) is 119 Å². The highest BCUT2D eigenvalue weighted by molar-refractivity contribution is 7.99. The highest BCUT2D eigenvalue weighted by Gasteiger charge is 2.10. The van der Waals surface area contributed by atoms with Gasteiger partial charge >= 0.3 is 0 Å². The first-order valence-corrected chi connectivity index (χ1v) is 11.0. The van der Waals surface area contributed by atoms with Crippen LogP contribution in [0.2, 0.25) is 5.02 Å². The number of benzene rings is 4. The molecular formula is C26H20ClNO2S. The maximum atomic E-state index is 12.8. The molecule has 0 aliphatic rings. The molecule has 0 aliphatic carbocycles. The molecule has 0 saturated heterocycles. The largest absolute Gasteiger partial charge is 0.489 e. The van der Waals surface area contributed by atoms with Gasteiger partial charge in [-0.3, -0.25) is 4.79 Å². The van der Waals surface area contributed by atoms with Crippen molar-refractivity contribution in [1.29, 1.82) is 0 Å². The van der Waals surface area contributed by atoms with Gasteiger partial charge in [-0.15, -0.1) is 0 Å². The molecule has 4 aromatic carbocycles. The molecule has 1 amide bonds. The molecule has 4 aromatic rings. The molecule has 4 rings (SSSR count). The second kappa shape index (κ2) is 10.2. The van der Waals surface area contributed by atoms with E-state index in [1.807, 2.05) is 78.9 Å². The number of halogens is 1. The minimum Gasteiger partial charge on any atom is -0.489 e. The van der Waals surface area contributed by atoms with Crippen LogP contribution in [0.25, 0.3) is 0 Å². The van der Waals surface area contributed by atoms with Crippen molar-refractivity contribution < 1.29 is 9.53 Å². The Balaban J connectivity index is 1.41. The molecule has 0 spiro atoms. The van der Waals surface area contributed by atoms with E-state index in [0.717, 1.165) is 21.0 Å².